The van der Waals surface area contributed by atoms with E-state index >= 15 is 0 Å². The van der Waals surface area contributed by atoms with Crippen LogP contribution in [0.2, 0.25) is 0 Å². The summed E-state index contributed by atoms with van der Waals surface area (Å²) in [7, 11) is 0. The number of aryl methyl sites for hydroxylation is 1. The summed E-state index contributed by atoms with van der Waals surface area (Å²) in [6, 6.07) is 19.9. The third kappa shape index (κ3) is 4.10. The minimum atomic E-state index is -0.326. The van der Waals surface area contributed by atoms with Crippen LogP contribution in [0.15, 0.2) is 76.2 Å². The van der Waals surface area contributed by atoms with Gasteiger partial charge in [-0.15, -0.1) is 0 Å². The number of hydrazone groups is 1. The van der Waals surface area contributed by atoms with E-state index in [4.69, 9.17) is 9.15 Å². The van der Waals surface area contributed by atoms with E-state index in [1.54, 1.807) is 30.3 Å². The minimum absolute atomic E-state index is 0.326. The maximum atomic E-state index is 12.1. The van der Waals surface area contributed by atoms with Crippen LogP contribution in [0.25, 0.3) is 0 Å². The van der Waals surface area contributed by atoms with Crippen molar-refractivity contribution < 1.29 is 13.9 Å². The first kappa shape index (κ1) is 15.6. The van der Waals surface area contributed by atoms with E-state index in [-0.39, 0.29) is 5.91 Å². The van der Waals surface area contributed by atoms with Crippen LogP contribution in [0, 0.1) is 6.92 Å². The average Bonchev–Trinajstić information content (AvgIpc) is 3.01. The van der Waals surface area contributed by atoms with Crippen LogP contribution in [-0.4, -0.2) is 12.1 Å². The normalized spacial score (nSPS) is 10.7. The van der Waals surface area contributed by atoms with Gasteiger partial charge in [-0.3, -0.25) is 4.79 Å². The molecule has 0 atom stereocenters. The van der Waals surface area contributed by atoms with Crippen molar-refractivity contribution in [2.24, 2.45) is 5.10 Å². The van der Waals surface area contributed by atoms with Gasteiger partial charge in [0.15, 0.2) is 0 Å². The second-order valence-electron chi connectivity index (χ2n) is 5.09. The van der Waals surface area contributed by atoms with E-state index in [0.717, 1.165) is 5.76 Å². The zero-order valence-corrected chi connectivity index (χ0v) is 13.1. The first-order chi connectivity index (χ1) is 11.7. The third-order valence-electron chi connectivity index (χ3n) is 3.19. The highest BCUT2D eigenvalue weighted by molar-refractivity contribution is 5.95. The molecule has 3 rings (SSSR count). The van der Waals surface area contributed by atoms with E-state index in [2.05, 4.69) is 10.5 Å². The molecule has 0 unspecified atom stereocenters. The van der Waals surface area contributed by atoms with Crippen molar-refractivity contribution in [2.45, 2.75) is 6.92 Å². The molecule has 1 amide bonds. The Morgan fingerprint density at radius 2 is 1.83 bits per heavy atom. The molecule has 1 heterocycles. The Kier molecular flexibility index (Phi) is 4.72. The zero-order chi connectivity index (χ0) is 16.8. The molecule has 0 aliphatic heterocycles. The van der Waals surface area contributed by atoms with E-state index in [1.165, 1.54) is 6.21 Å². The Morgan fingerprint density at radius 1 is 1.04 bits per heavy atom. The number of para-hydroxylation sites is 1. The van der Waals surface area contributed by atoms with Crippen molar-refractivity contribution in [3.8, 4) is 11.5 Å². The van der Waals surface area contributed by atoms with Gasteiger partial charge in [0, 0.05) is 5.56 Å². The topological polar surface area (TPSA) is 63.8 Å². The highest BCUT2D eigenvalue weighted by Gasteiger charge is 2.06. The molecular weight excluding hydrogens is 304 g/mol. The molecule has 0 aliphatic rings. The third-order valence-corrected chi connectivity index (χ3v) is 3.19. The highest BCUT2D eigenvalue weighted by Crippen LogP contribution is 2.21. The van der Waals surface area contributed by atoms with Crippen LogP contribution in [0.1, 0.15) is 21.9 Å². The number of hydrogen-bond acceptors (Lipinski definition) is 4. The molecule has 0 radical (unpaired) electrons. The van der Waals surface area contributed by atoms with Crippen LogP contribution >= 0.6 is 0 Å². The Morgan fingerprint density at radius 3 is 2.58 bits per heavy atom. The van der Waals surface area contributed by atoms with Crippen molar-refractivity contribution in [2.75, 3.05) is 0 Å². The number of hydrogen-bond donors (Lipinski definition) is 1. The SMILES string of the molecule is Cc1ccc(/C=N/NC(=O)c2cccc(Oc3ccccc3)c2)o1. The summed E-state index contributed by atoms with van der Waals surface area (Å²) in [6.07, 6.45) is 1.45. The monoisotopic (exact) mass is 320 g/mol. The Balaban J connectivity index is 1.64. The smallest absolute Gasteiger partial charge is 0.271 e. The van der Waals surface area contributed by atoms with Crippen LogP contribution in [-0.2, 0) is 0 Å². The fourth-order valence-electron chi connectivity index (χ4n) is 2.07. The molecular formula is C19H16N2O3. The Bertz CT molecular complexity index is 854. The van der Waals surface area contributed by atoms with Gasteiger partial charge in [0.2, 0.25) is 0 Å². The van der Waals surface area contributed by atoms with E-state index in [0.29, 0.717) is 22.8 Å². The van der Waals surface area contributed by atoms with E-state index in [1.807, 2.05) is 43.3 Å². The number of amides is 1. The van der Waals surface area contributed by atoms with Crippen molar-refractivity contribution >= 4 is 12.1 Å². The fraction of sp³-hybridized carbons (Fsp3) is 0.0526. The summed E-state index contributed by atoms with van der Waals surface area (Å²) in [5.74, 6) is 2.33. The lowest BCUT2D eigenvalue weighted by Gasteiger charge is -2.06. The highest BCUT2D eigenvalue weighted by atomic mass is 16.5. The van der Waals surface area contributed by atoms with Crippen molar-refractivity contribution in [3.63, 3.8) is 0 Å². The number of nitrogens with one attached hydrogen (secondary N) is 1. The summed E-state index contributed by atoms with van der Waals surface area (Å²) in [5.41, 5.74) is 2.92. The van der Waals surface area contributed by atoms with Crippen LogP contribution in [0.5, 0.6) is 11.5 Å². The Labute approximate surface area is 139 Å². The molecule has 24 heavy (non-hydrogen) atoms. The summed E-state index contributed by atoms with van der Waals surface area (Å²) in [6.45, 7) is 1.84. The van der Waals surface area contributed by atoms with Gasteiger partial charge in [0.05, 0.1) is 6.21 Å². The molecule has 0 bridgehead atoms. The van der Waals surface area contributed by atoms with Gasteiger partial charge in [-0.25, -0.2) is 5.43 Å². The lowest BCUT2D eigenvalue weighted by molar-refractivity contribution is 0.0955. The lowest BCUT2D eigenvalue weighted by atomic mass is 10.2. The largest absolute Gasteiger partial charge is 0.460 e. The number of benzene rings is 2. The van der Waals surface area contributed by atoms with Crippen molar-refractivity contribution in [1.82, 2.24) is 5.43 Å². The quantitative estimate of drug-likeness (QED) is 0.567. The number of rotatable bonds is 5. The van der Waals surface area contributed by atoms with Crippen LogP contribution in [0.3, 0.4) is 0 Å². The standard InChI is InChI=1S/C19H16N2O3/c1-14-10-11-18(23-14)13-20-21-19(22)15-6-5-9-17(12-15)24-16-7-3-2-4-8-16/h2-13H,1H3,(H,21,22)/b20-13+. The Hall–Kier alpha value is -3.34. The number of nitrogens with zero attached hydrogens (tertiary/aromatic N) is 1. The van der Waals surface area contributed by atoms with Crippen LogP contribution < -0.4 is 10.2 Å². The predicted octanol–water partition coefficient (Wildman–Crippen LogP) is 4.14. The predicted molar refractivity (Wildman–Crippen MR) is 91.5 cm³/mol. The molecule has 0 aliphatic carbocycles. The van der Waals surface area contributed by atoms with E-state index < -0.39 is 0 Å². The minimum Gasteiger partial charge on any atom is -0.460 e. The number of furan rings is 1. The molecule has 5 nitrogen and oxygen atoms in total. The molecule has 0 saturated heterocycles. The maximum Gasteiger partial charge on any atom is 0.271 e. The van der Waals surface area contributed by atoms with Gasteiger partial charge < -0.3 is 9.15 Å². The second-order valence-corrected chi connectivity index (χ2v) is 5.09. The zero-order valence-electron chi connectivity index (χ0n) is 13.1. The number of ether oxygens (including phenoxy) is 1. The number of carbonyl (C=O) groups excluding carboxylic acids is 1. The van der Waals surface area contributed by atoms with Crippen molar-refractivity contribution in [3.05, 3.63) is 83.8 Å². The van der Waals surface area contributed by atoms with Gasteiger partial charge in [-0.2, -0.15) is 5.10 Å². The molecule has 3 aromatic rings. The second kappa shape index (κ2) is 7.28. The first-order valence-electron chi connectivity index (χ1n) is 7.43. The summed E-state index contributed by atoms with van der Waals surface area (Å²) in [5, 5.41) is 3.89. The summed E-state index contributed by atoms with van der Waals surface area (Å²) >= 11 is 0. The number of carbonyl (C=O) groups is 1. The van der Waals surface area contributed by atoms with Gasteiger partial charge in [0.1, 0.15) is 23.0 Å². The maximum absolute atomic E-state index is 12.1. The molecule has 0 spiro atoms. The van der Waals surface area contributed by atoms with Gasteiger partial charge >= 0.3 is 0 Å². The molecule has 2 aromatic carbocycles. The fourth-order valence-corrected chi connectivity index (χ4v) is 2.07. The lowest BCUT2D eigenvalue weighted by Crippen LogP contribution is -2.17. The first-order valence-corrected chi connectivity index (χ1v) is 7.43. The molecule has 0 fully saturated rings. The molecule has 1 aromatic heterocycles. The molecule has 5 heteroatoms. The molecule has 1 N–H and O–H groups in total. The molecule has 0 saturated carbocycles. The average molecular weight is 320 g/mol. The van der Waals surface area contributed by atoms with Gasteiger partial charge in [-0.1, -0.05) is 24.3 Å². The van der Waals surface area contributed by atoms with E-state index in [9.17, 15) is 4.79 Å². The van der Waals surface area contributed by atoms with Gasteiger partial charge in [-0.05, 0) is 49.4 Å². The van der Waals surface area contributed by atoms with Crippen molar-refractivity contribution in [1.29, 1.82) is 0 Å². The summed E-state index contributed by atoms with van der Waals surface area (Å²) in [4.78, 5) is 12.1. The van der Waals surface area contributed by atoms with Crippen LogP contribution in [0.4, 0.5) is 0 Å². The summed E-state index contributed by atoms with van der Waals surface area (Å²) < 4.78 is 11.0. The molecule has 120 valence electrons. The van der Waals surface area contributed by atoms with Gasteiger partial charge in [0.25, 0.3) is 5.91 Å².